The van der Waals surface area contributed by atoms with Crippen LogP contribution in [0.5, 0.6) is 11.5 Å². The van der Waals surface area contributed by atoms with Crippen LogP contribution in [0.25, 0.3) is 75.2 Å². The number of para-hydroxylation sites is 2. The van der Waals surface area contributed by atoms with Crippen LogP contribution >= 0.6 is 11.3 Å². The quantitative estimate of drug-likeness (QED) is 0.181. The second-order valence-corrected chi connectivity index (χ2v) is 15.5. The van der Waals surface area contributed by atoms with E-state index in [1.807, 2.05) is 59.9 Å². The van der Waals surface area contributed by atoms with Crippen LogP contribution in [-0.4, -0.2) is 9.13 Å². The molecule has 57 heavy (non-hydrogen) atoms. The zero-order chi connectivity index (χ0) is 37.8. The minimum Gasteiger partial charge on any atom is -0.453 e. The van der Waals surface area contributed by atoms with E-state index < -0.39 is 0 Å². The van der Waals surface area contributed by atoms with Gasteiger partial charge in [0.05, 0.1) is 68.1 Å². The van der Waals surface area contributed by atoms with Crippen molar-refractivity contribution < 1.29 is 4.74 Å². The average molecular weight is 746 g/mol. The Hall–Kier alpha value is -7.84. The van der Waals surface area contributed by atoms with Gasteiger partial charge in [-0.1, -0.05) is 54.6 Å². The van der Waals surface area contributed by atoms with Gasteiger partial charge in [0.1, 0.15) is 0 Å². The lowest BCUT2D eigenvalue weighted by molar-refractivity contribution is 0.476. The first-order valence-corrected chi connectivity index (χ1v) is 19.5. The van der Waals surface area contributed by atoms with Gasteiger partial charge >= 0.3 is 0 Å². The number of ether oxygens (including phenoxy) is 1. The number of rotatable bonds is 3. The summed E-state index contributed by atoms with van der Waals surface area (Å²) in [6.07, 6.45) is 0. The normalized spacial score (nSPS) is 12.3. The van der Waals surface area contributed by atoms with E-state index in [-0.39, 0.29) is 0 Å². The molecule has 4 heterocycles. The zero-order valence-corrected chi connectivity index (χ0v) is 31.0. The van der Waals surface area contributed by atoms with Gasteiger partial charge in [-0.25, -0.2) is 0 Å². The molecule has 0 saturated heterocycles. The summed E-state index contributed by atoms with van der Waals surface area (Å²) in [6, 6.07) is 61.3. The van der Waals surface area contributed by atoms with Gasteiger partial charge in [0, 0.05) is 59.5 Å². The maximum atomic E-state index is 9.74. The Labute approximate surface area is 330 Å². The molecule has 11 aromatic rings. The fourth-order valence-electron chi connectivity index (χ4n) is 8.84. The van der Waals surface area contributed by atoms with Crippen LogP contribution in [0, 0.1) is 22.7 Å². The molecule has 0 bridgehead atoms. The van der Waals surface area contributed by atoms with E-state index in [2.05, 4.69) is 141 Å². The summed E-state index contributed by atoms with van der Waals surface area (Å²) in [6.45, 7) is 0. The predicted molar refractivity (Wildman–Crippen MR) is 232 cm³/mol. The Morgan fingerprint density at radius 2 is 0.895 bits per heavy atom. The molecule has 0 aliphatic carbocycles. The van der Waals surface area contributed by atoms with E-state index >= 15 is 0 Å². The number of anilines is 3. The molecule has 264 valence electrons. The molecule has 0 saturated carbocycles. The maximum absolute atomic E-state index is 9.74. The van der Waals surface area contributed by atoms with Gasteiger partial charge in [0.25, 0.3) is 0 Å². The number of fused-ring (bicyclic) bond motifs is 11. The number of nitrogens with zero attached hydrogens (tertiary/aromatic N) is 5. The van der Waals surface area contributed by atoms with E-state index in [4.69, 9.17) is 4.74 Å². The summed E-state index contributed by atoms with van der Waals surface area (Å²) in [5, 5.41) is 26.2. The number of benzene rings is 8. The first-order chi connectivity index (χ1) is 28.1. The smallest absolute Gasteiger partial charge is 0.153 e. The summed E-state index contributed by atoms with van der Waals surface area (Å²) < 4.78 is 14.0. The molecule has 12 rings (SSSR count). The Bertz CT molecular complexity index is 3430. The van der Waals surface area contributed by atoms with Gasteiger partial charge in [0.15, 0.2) is 11.5 Å². The van der Waals surface area contributed by atoms with Crippen molar-refractivity contribution in [3.05, 3.63) is 175 Å². The average Bonchev–Trinajstić information content (AvgIpc) is 3.92. The molecule has 1 aliphatic heterocycles. The van der Waals surface area contributed by atoms with Crippen LogP contribution in [0.3, 0.4) is 0 Å². The van der Waals surface area contributed by atoms with E-state index in [1.165, 1.54) is 20.2 Å². The molecule has 0 fully saturated rings. The van der Waals surface area contributed by atoms with Crippen molar-refractivity contribution in [2.45, 2.75) is 0 Å². The summed E-state index contributed by atoms with van der Waals surface area (Å²) in [4.78, 5) is 2.31. The first kappa shape index (κ1) is 31.5. The van der Waals surface area contributed by atoms with Crippen LogP contribution in [0.1, 0.15) is 11.1 Å². The van der Waals surface area contributed by atoms with Gasteiger partial charge in [-0.3, -0.25) is 0 Å². The number of aromatic nitrogens is 2. The van der Waals surface area contributed by atoms with Crippen molar-refractivity contribution in [3.8, 4) is 35.0 Å². The highest BCUT2D eigenvalue weighted by Crippen LogP contribution is 2.53. The molecule has 8 aromatic carbocycles. The third-order valence-electron chi connectivity index (χ3n) is 11.3. The molecule has 3 aromatic heterocycles. The lowest BCUT2D eigenvalue weighted by atomic mass is 10.1. The lowest BCUT2D eigenvalue weighted by Gasteiger charge is -2.33. The van der Waals surface area contributed by atoms with E-state index in [9.17, 15) is 10.5 Å². The Balaban J connectivity index is 1.09. The fraction of sp³-hybridized carbons (Fsp3) is 0. The second-order valence-electron chi connectivity index (χ2n) is 14.4. The van der Waals surface area contributed by atoms with Crippen molar-refractivity contribution in [2.75, 3.05) is 4.90 Å². The molecule has 0 atom stereocenters. The SMILES string of the molecule is N#Cc1ccc2c(c1)c1ccccc1n2-c1ccc2c(c1)Oc1cc(-n3c4ccccc4c4cc(C#N)ccc43)ccc1N2c1ccc2sc3ccccc3c2c1. The monoisotopic (exact) mass is 745 g/mol. The van der Waals surface area contributed by atoms with Gasteiger partial charge in [-0.05, 0) is 97.1 Å². The van der Waals surface area contributed by atoms with Crippen molar-refractivity contribution in [3.63, 3.8) is 0 Å². The largest absolute Gasteiger partial charge is 0.453 e. The van der Waals surface area contributed by atoms with Crippen LogP contribution in [-0.2, 0) is 0 Å². The fourth-order valence-corrected chi connectivity index (χ4v) is 9.92. The Morgan fingerprint density at radius 3 is 1.47 bits per heavy atom. The maximum Gasteiger partial charge on any atom is 0.153 e. The van der Waals surface area contributed by atoms with Crippen LogP contribution in [0.2, 0.25) is 0 Å². The van der Waals surface area contributed by atoms with Crippen LogP contribution in [0.15, 0.2) is 164 Å². The van der Waals surface area contributed by atoms with Gasteiger partial charge < -0.3 is 18.8 Å². The third-order valence-corrected chi connectivity index (χ3v) is 12.5. The minimum atomic E-state index is 0.631. The number of hydrogen-bond acceptors (Lipinski definition) is 5. The predicted octanol–water partition coefficient (Wildman–Crippen LogP) is 13.6. The Morgan fingerprint density at radius 1 is 0.404 bits per heavy atom. The van der Waals surface area contributed by atoms with E-state index in [0.717, 1.165) is 83.5 Å². The number of hydrogen-bond donors (Lipinski definition) is 0. The Kier molecular flexibility index (Phi) is 6.54. The van der Waals surface area contributed by atoms with Gasteiger partial charge in [0.2, 0.25) is 0 Å². The number of nitriles is 2. The summed E-state index contributed by atoms with van der Waals surface area (Å²) in [5.74, 6) is 1.46. The number of thiophene rings is 1. The molecular formula is C50H27N5OS. The van der Waals surface area contributed by atoms with Crippen LogP contribution in [0.4, 0.5) is 17.1 Å². The summed E-state index contributed by atoms with van der Waals surface area (Å²) in [7, 11) is 0. The molecule has 0 amide bonds. The second kappa shape index (κ2) is 11.8. The summed E-state index contributed by atoms with van der Waals surface area (Å²) in [5.41, 5.74) is 10.2. The standard InChI is InChI=1S/C50H27N5OS/c51-28-30-13-18-43-38(23-30)35-7-1-4-10-41(35)53(43)33-15-20-45-47(26-33)56-48-27-34(54-42-11-5-2-8-36(42)39-24-31(29-52)14-19-44(39)54)16-21-46(48)55(45)32-17-22-50-40(25-32)37-9-3-6-12-49(37)57-50/h1-27H. The molecule has 0 radical (unpaired) electrons. The molecule has 6 nitrogen and oxygen atoms in total. The first-order valence-electron chi connectivity index (χ1n) is 18.7. The highest BCUT2D eigenvalue weighted by Gasteiger charge is 2.28. The molecular weight excluding hydrogens is 719 g/mol. The van der Waals surface area contributed by atoms with Crippen molar-refractivity contribution >= 4 is 92.2 Å². The minimum absolute atomic E-state index is 0.631. The van der Waals surface area contributed by atoms with Gasteiger partial charge in [-0.2, -0.15) is 10.5 Å². The molecule has 0 N–H and O–H groups in total. The molecule has 7 heteroatoms. The topological polar surface area (TPSA) is 69.9 Å². The van der Waals surface area contributed by atoms with Crippen molar-refractivity contribution in [1.82, 2.24) is 9.13 Å². The highest BCUT2D eigenvalue weighted by molar-refractivity contribution is 7.25. The molecule has 0 unspecified atom stereocenters. The molecule has 1 aliphatic rings. The summed E-state index contributed by atoms with van der Waals surface area (Å²) >= 11 is 1.81. The van der Waals surface area contributed by atoms with Crippen molar-refractivity contribution in [1.29, 1.82) is 10.5 Å². The van der Waals surface area contributed by atoms with Gasteiger partial charge in [-0.15, -0.1) is 11.3 Å². The van der Waals surface area contributed by atoms with E-state index in [1.54, 1.807) is 0 Å². The lowest BCUT2D eigenvalue weighted by Crippen LogP contribution is -2.16. The van der Waals surface area contributed by atoms with Crippen molar-refractivity contribution in [2.24, 2.45) is 0 Å². The highest BCUT2D eigenvalue weighted by atomic mass is 32.1. The van der Waals surface area contributed by atoms with Crippen LogP contribution < -0.4 is 9.64 Å². The van der Waals surface area contributed by atoms with E-state index in [0.29, 0.717) is 11.1 Å². The molecule has 0 spiro atoms. The third kappa shape index (κ3) is 4.55. The zero-order valence-electron chi connectivity index (χ0n) is 30.1.